The molecule has 0 saturated heterocycles. The Morgan fingerprint density at radius 3 is 2.74 bits per heavy atom. The molecule has 1 aromatic carbocycles. The highest BCUT2D eigenvalue weighted by molar-refractivity contribution is 9.10. The van der Waals surface area contributed by atoms with Crippen molar-refractivity contribution in [2.45, 2.75) is 45.1 Å². The Hall–Kier alpha value is -0.480. The minimum Gasteiger partial charge on any atom is -0.314 e. The van der Waals surface area contributed by atoms with Crippen LogP contribution in [-0.2, 0) is 0 Å². The lowest BCUT2D eigenvalue weighted by Gasteiger charge is -2.23. The summed E-state index contributed by atoms with van der Waals surface area (Å²) in [4.78, 5) is 0. The topological polar surface area (TPSA) is 12.0 Å². The van der Waals surface area contributed by atoms with Crippen LogP contribution >= 0.6 is 15.9 Å². The molecule has 3 atom stereocenters. The van der Waals surface area contributed by atoms with Crippen LogP contribution in [0.5, 0.6) is 0 Å². The van der Waals surface area contributed by atoms with E-state index in [-0.39, 0.29) is 17.4 Å². The Morgan fingerprint density at radius 2 is 2.05 bits per heavy atom. The van der Waals surface area contributed by atoms with Gasteiger partial charge in [-0.2, -0.15) is 0 Å². The van der Waals surface area contributed by atoms with E-state index in [1.807, 2.05) is 0 Å². The fraction of sp³-hybridized carbons (Fsp3) is 0.600. The standard InChI is InChI=1S/C15H20BrF2N/c1-3-8-19-13-7-4-10(9(13)2)14-12(17)6-5-11(16)15(14)18/h5-6,9-10,13,19H,3-4,7-8H2,1-2H3. The largest absolute Gasteiger partial charge is 0.314 e. The summed E-state index contributed by atoms with van der Waals surface area (Å²) in [6, 6.07) is 3.14. The normalized spacial score (nSPS) is 26.9. The molecule has 4 heteroatoms. The molecule has 1 aromatic rings. The smallest absolute Gasteiger partial charge is 0.143 e. The van der Waals surface area contributed by atoms with Crippen LogP contribution < -0.4 is 5.32 Å². The molecule has 2 rings (SSSR count). The van der Waals surface area contributed by atoms with Gasteiger partial charge in [0.2, 0.25) is 0 Å². The third-order valence-corrected chi connectivity index (χ3v) is 4.78. The fourth-order valence-electron chi connectivity index (χ4n) is 3.07. The Bertz CT molecular complexity index is 450. The molecule has 106 valence electrons. The number of halogens is 3. The van der Waals surface area contributed by atoms with Crippen molar-refractivity contribution in [1.82, 2.24) is 5.32 Å². The van der Waals surface area contributed by atoms with Crippen LogP contribution in [0, 0.1) is 17.6 Å². The molecule has 1 nitrogen and oxygen atoms in total. The van der Waals surface area contributed by atoms with E-state index in [2.05, 4.69) is 35.1 Å². The predicted molar refractivity (Wildman–Crippen MR) is 77.3 cm³/mol. The average Bonchev–Trinajstić information content (AvgIpc) is 2.74. The van der Waals surface area contributed by atoms with E-state index in [1.54, 1.807) is 0 Å². The maximum Gasteiger partial charge on any atom is 0.143 e. The van der Waals surface area contributed by atoms with Gasteiger partial charge in [-0.15, -0.1) is 0 Å². The summed E-state index contributed by atoms with van der Waals surface area (Å²) >= 11 is 3.15. The van der Waals surface area contributed by atoms with Crippen LogP contribution in [0.25, 0.3) is 0 Å². The van der Waals surface area contributed by atoms with Gasteiger partial charge in [0, 0.05) is 11.6 Å². The van der Waals surface area contributed by atoms with Crippen LogP contribution in [0.15, 0.2) is 16.6 Å². The Kier molecular flexibility index (Phi) is 4.96. The van der Waals surface area contributed by atoms with E-state index in [0.717, 1.165) is 25.8 Å². The van der Waals surface area contributed by atoms with Gasteiger partial charge in [-0.05, 0) is 65.7 Å². The van der Waals surface area contributed by atoms with Gasteiger partial charge in [0.15, 0.2) is 0 Å². The molecule has 19 heavy (non-hydrogen) atoms. The van der Waals surface area contributed by atoms with Crippen molar-refractivity contribution in [3.05, 3.63) is 33.8 Å². The SMILES string of the molecule is CCCNC1CCC(c2c(F)ccc(Br)c2F)C1C. The van der Waals surface area contributed by atoms with Crippen molar-refractivity contribution in [3.8, 4) is 0 Å². The highest BCUT2D eigenvalue weighted by Crippen LogP contribution is 2.42. The molecule has 1 N–H and O–H groups in total. The fourth-order valence-corrected chi connectivity index (χ4v) is 3.42. The first-order chi connectivity index (χ1) is 9.06. The van der Waals surface area contributed by atoms with Gasteiger partial charge in [-0.3, -0.25) is 0 Å². The zero-order chi connectivity index (χ0) is 14.0. The van der Waals surface area contributed by atoms with E-state index >= 15 is 0 Å². The first-order valence-corrected chi connectivity index (χ1v) is 7.72. The van der Waals surface area contributed by atoms with Gasteiger partial charge < -0.3 is 5.32 Å². The van der Waals surface area contributed by atoms with Crippen molar-refractivity contribution >= 4 is 15.9 Å². The number of benzene rings is 1. The molecular weight excluding hydrogens is 312 g/mol. The van der Waals surface area contributed by atoms with Crippen molar-refractivity contribution in [2.75, 3.05) is 6.54 Å². The van der Waals surface area contributed by atoms with Gasteiger partial charge in [-0.25, -0.2) is 8.78 Å². The average molecular weight is 332 g/mol. The highest BCUT2D eigenvalue weighted by atomic mass is 79.9. The van der Waals surface area contributed by atoms with E-state index in [0.29, 0.717) is 10.5 Å². The first-order valence-electron chi connectivity index (χ1n) is 6.93. The monoisotopic (exact) mass is 331 g/mol. The van der Waals surface area contributed by atoms with Gasteiger partial charge in [0.1, 0.15) is 11.6 Å². The molecule has 0 aromatic heterocycles. The van der Waals surface area contributed by atoms with E-state index in [1.165, 1.54) is 12.1 Å². The van der Waals surface area contributed by atoms with Crippen LogP contribution in [0.2, 0.25) is 0 Å². The summed E-state index contributed by atoms with van der Waals surface area (Å²) in [7, 11) is 0. The minimum atomic E-state index is -0.437. The minimum absolute atomic E-state index is 0.0353. The number of rotatable bonds is 4. The van der Waals surface area contributed by atoms with Crippen LogP contribution in [0.4, 0.5) is 8.78 Å². The molecule has 0 heterocycles. The molecule has 1 aliphatic carbocycles. The van der Waals surface area contributed by atoms with Crippen LogP contribution in [0.3, 0.4) is 0 Å². The molecule has 1 saturated carbocycles. The Morgan fingerprint density at radius 1 is 1.32 bits per heavy atom. The van der Waals surface area contributed by atoms with Gasteiger partial charge in [0.05, 0.1) is 4.47 Å². The maximum atomic E-state index is 14.2. The van der Waals surface area contributed by atoms with E-state index in [4.69, 9.17) is 0 Å². The zero-order valence-electron chi connectivity index (χ0n) is 11.3. The third-order valence-electron chi connectivity index (χ3n) is 4.16. The number of hydrogen-bond donors (Lipinski definition) is 1. The second kappa shape index (κ2) is 6.31. The quantitative estimate of drug-likeness (QED) is 0.794. The maximum absolute atomic E-state index is 14.2. The van der Waals surface area contributed by atoms with Crippen molar-refractivity contribution in [2.24, 2.45) is 5.92 Å². The lowest BCUT2D eigenvalue weighted by molar-refractivity contribution is 0.391. The molecule has 3 unspecified atom stereocenters. The third kappa shape index (κ3) is 3.00. The van der Waals surface area contributed by atoms with Crippen molar-refractivity contribution in [3.63, 3.8) is 0 Å². The molecule has 0 amide bonds. The molecule has 1 fully saturated rings. The second-order valence-electron chi connectivity index (χ2n) is 5.36. The molecule has 0 bridgehead atoms. The Balaban J connectivity index is 2.22. The van der Waals surface area contributed by atoms with E-state index < -0.39 is 11.6 Å². The van der Waals surface area contributed by atoms with Crippen LogP contribution in [0.1, 0.15) is 44.6 Å². The lowest BCUT2D eigenvalue weighted by Crippen LogP contribution is -2.33. The number of nitrogens with one attached hydrogen (secondary N) is 1. The number of hydrogen-bond acceptors (Lipinski definition) is 1. The summed E-state index contributed by atoms with van der Waals surface area (Å²) in [5.41, 5.74) is 0.252. The Labute approximate surface area is 121 Å². The molecule has 0 aliphatic heterocycles. The van der Waals surface area contributed by atoms with Crippen LogP contribution in [-0.4, -0.2) is 12.6 Å². The summed E-state index contributed by atoms with van der Waals surface area (Å²) in [5.74, 6) is -0.640. The summed E-state index contributed by atoms with van der Waals surface area (Å²) in [6.07, 6.45) is 2.90. The second-order valence-corrected chi connectivity index (χ2v) is 6.21. The summed E-state index contributed by atoms with van der Waals surface area (Å²) in [6.45, 7) is 5.17. The summed E-state index contributed by atoms with van der Waals surface area (Å²) in [5, 5.41) is 3.48. The molecule has 0 spiro atoms. The lowest BCUT2D eigenvalue weighted by atomic mass is 9.88. The zero-order valence-corrected chi connectivity index (χ0v) is 12.9. The van der Waals surface area contributed by atoms with Gasteiger partial charge in [0.25, 0.3) is 0 Å². The summed E-state index contributed by atoms with van der Waals surface area (Å²) < 4.78 is 28.5. The predicted octanol–water partition coefficient (Wildman–Crippen LogP) is 4.61. The van der Waals surface area contributed by atoms with E-state index in [9.17, 15) is 8.78 Å². The molecule has 0 radical (unpaired) electrons. The van der Waals surface area contributed by atoms with Gasteiger partial charge >= 0.3 is 0 Å². The molecular formula is C15H20BrF2N. The van der Waals surface area contributed by atoms with Crippen molar-refractivity contribution in [1.29, 1.82) is 0 Å². The van der Waals surface area contributed by atoms with Crippen molar-refractivity contribution < 1.29 is 8.78 Å². The highest BCUT2D eigenvalue weighted by Gasteiger charge is 2.36. The first kappa shape index (κ1) is 14.9. The molecule has 1 aliphatic rings. The van der Waals surface area contributed by atoms with Gasteiger partial charge in [-0.1, -0.05) is 13.8 Å².